The first-order chi connectivity index (χ1) is 10.0. The van der Waals surface area contributed by atoms with Gasteiger partial charge in [0.1, 0.15) is 17.6 Å². The molecule has 1 aromatic heterocycles. The van der Waals surface area contributed by atoms with Crippen molar-refractivity contribution < 1.29 is 4.79 Å². The van der Waals surface area contributed by atoms with Gasteiger partial charge in [0.15, 0.2) is 0 Å². The molecule has 2 N–H and O–H groups in total. The summed E-state index contributed by atoms with van der Waals surface area (Å²) in [5, 5.41) is 15.1. The van der Waals surface area contributed by atoms with Crippen LogP contribution < -0.4 is 10.6 Å². The first kappa shape index (κ1) is 15.1. The van der Waals surface area contributed by atoms with Crippen LogP contribution in [0.1, 0.15) is 16.1 Å². The highest BCUT2D eigenvalue weighted by molar-refractivity contribution is 6.34. The molecule has 5 nitrogen and oxygen atoms in total. The number of amides is 1. The third-order valence-corrected chi connectivity index (χ3v) is 3.21. The van der Waals surface area contributed by atoms with E-state index in [0.717, 1.165) is 0 Å². The van der Waals surface area contributed by atoms with Gasteiger partial charge in [-0.05, 0) is 30.3 Å². The molecule has 21 heavy (non-hydrogen) atoms. The Labute approximate surface area is 131 Å². The van der Waals surface area contributed by atoms with Gasteiger partial charge in [0.25, 0.3) is 5.91 Å². The Hall–Kier alpha value is -2.29. The van der Waals surface area contributed by atoms with Crippen molar-refractivity contribution in [3.63, 3.8) is 0 Å². The predicted octanol–water partition coefficient (Wildman–Crippen LogP) is 3.55. The molecule has 0 radical (unpaired) electrons. The Kier molecular flexibility index (Phi) is 4.63. The van der Waals surface area contributed by atoms with Gasteiger partial charge in [-0.1, -0.05) is 23.2 Å². The van der Waals surface area contributed by atoms with Crippen LogP contribution in [-0.2, 0) is 0 Å². The second-order valence-electron chi connectivity index (χ2n) is 4.03. The van der Waals surface area contributed by atoms with E-state index in [1.165, 1.54) is 12.1 Å². The van der Waals surface area contributed by atoms with Gasteiger partial charge >= 0.3 is 0 Å². The number of hydrogen-bond donors (Lipinski definition) is 2. The number of carbonyl (C=O) groups is 1. The summed E-state index contributed by atoms with van der Waals surface area (Å²) >= 11 is 11.8. The quantitative estimate of drug-likeness (QED) is 0.906. The zero-order valence-electron chi connectivity index (χ0n) is 10.9. The number of nitrogens with one attached hydrogen (secondary N) is 2. The van der Waals surface area contributed by atoms with Crippen LogP contribution in [-0.4, -0.2) is 17.9 Å². The number of benzene rings is 1. The molecule has 0 saturated heterocycles. The summed E-state index contributed by atoms with van der Waals surface area (Å²) in [5.41, 5.74) is 0.670. The highest BCUT2D eigenvalue weighted by Crippen LogP contribution is 2.23. The van der Waals surface area contributed by atoms with Gasteiger partial charge in [-0.3, -0.25) is 4.79 Å². The lowest BCUT2D eigenvalue weighted by atomic mass is 10.2. The maximum atomic E-state index is 12.2. The number of anilines is 2. The number of hydrogen-bond acceptors (Lipinski definition) is 4. The summed E-state index contributed by atoms with van der Waals surface area (Å²) < 4.78 is 0. The molecule has 1 aromatic carbocycles. The van der Waals surface area contributed by atoms with Crippen molar-refractivity contribution >= 4 is 40.6 Å². The number of nitriles is 1. The Bertz CT molecular complexity index is 740. The molecular formula is C14H10Cl2N4O. The zero-order chi connectivity index (χ0) is 15.4. The van der Waals surface area contributed by atoms with Crippen molar-refractivity contribution in [2.45, 2.75) is 0 Å². The van der Waals surface area contributed by atoms with Gasteiger partial charge in [0, 0.05) is 12.1 Å². The van der Waals surface area contributed by atoms with Crippen LogP contribution in [0.25, 0.3) is 0 Å². The second-order valence-corrected chi connectivity index (χ2v) is 4.88. The average molecular weight is 321 g/mol. The molecule has 0 spiro atoms. The molecule has 7 heteroatoms. The van der Waals surface area contributed by atoms with Gasteiger partial charge in [-0.2, -0.15) is 5.26 Å². The molecule has 2 rings (SSSR count). The van der Waals surface area contributed by atoms with Crippen LogP contribution in [0.15, 0.2) is 30.3 Å². The van der Waals surface area contributed by atoms with E-state index in [0.29, 0.717) is 22.1 Å². The van der Waals surface area contributed by atoms with Crippen molar-refractivity contribution in [2.75, 3.05) is 17.7 Å². The lowest BCUT2D eigenvalue weighted by Gasteiger charge is -2.09. The SMILES string of the molecule is CNc1ccc(Cl)c(C(=O)Nc2cc(Cl)ccc2C#N)n1. The number of nitrogens with zero attached hydrogens (tertiary/aromatic N) is 2. The fourth-order valence-corrected chi connectivity index (χ4v) is 2.00. The number of aromatic nitrogens is 1. The smallest absolute Gasteiger partial charge is 0.275 e. The summed E-state index contributed by atoms with van der Waals surface area (Å²) in [6.07, 6.45) is 0. The fraction of sp³-hybridized carbons (Fsp3) is 0.0714. The first-order valence-corrected chi connectivity index (χ1v) is 6.66. The summed E-state index contributed by atoms with van der Waals surface area (Å²) in [7, 11) is 1.68. The molecule has 1 heterocycles. The lowest BCUT2D eigenvalue weighted by molar-refractivity contribution is 0.102. The standard InChI is InChI=1S/C14H10Cl2N4O/c1-18-12-5-4-10(16)13(20-12)14(21)19-11-6-9(15)3-2-8(11)7-17/h2-6H,1H3,(H,18,20)(H,19,21). The molecule has 1 amide bonds. The van der Waals surface area contributed by atoms with Gasteiger partial charge in [-0.15, -0.1) is 0 Å². The van der Waals surface area contributed by atoms with E-state index in [1.54, 1.807) is 25.2 Å². The molecule has 0 unspecified atom stereocenters. The average Bonchev–Trinajstić information content (AvgIpc) is 2.48. The maximum Gasteiger partial charge on any atom is 0.275 e. The van der Waals surface area contributed by atoms with E-state index >= 15 is 0 Å². The summed E-state index contributed by atoms with van der Waals surface area (Å²) in [6, 6.07) is 9.79. The third-order valence-electron chi connectivity index (χ3n) is 2.67. The number of pyridine rings is 1. The molecule has 0 fully saturated rings. The van der Waals surface area contributed by atoms with E-state index in [9.17, 15) is 4.79 Å². The first-order valence-electron chi connectivity index (χ1n) is 5.90. The zero-order valence-corrected chi connectivity index (χ0v) is 12.5. The molecule has 0 aliphatic carbocycles. The minimum Gasteiger partial charge on any atom is -0.373 e. The highest BCUT2D eigenvalue weighted by Gasteiger charge is 2.15. The predicted molar refractivity (Wildman–Crippen MR) is 82.9 cm³/mol. The van der Waals surface area contributed by atoms with Crippen LogP contribution in [0.2, 0.25) is 10.0 Å². The minimum atomic E-state index is -0.518. The fourth-order valence-electron chi connectivity index (χ4n) is 1.64. The molecule has 0 aliphatic rings. The maximum absolute atomic E-state index is 12.2. The third kappa shape index (κ3) is 3.43. The van der Waals surface area contributed by atoms with E-state index in [-0.39, 0.29) is 10.7 Å². The normalized spacial score (nSPS) is 9.81. The van der Waals surface area contributed by atoms with Crippen molar-refractivity contribution in [1.82, 2.24) is 4.98 Å². The van der Waals surface area contributed by atoms with Crippen molar-refractivity contribution in [1.29, 1.82) is 5.26 Å². The molecule has 0 saturated carbocycles. The largest absolute Gasteiger partial charge is 0.373 e. The van der Waals surface area contributed by atoms with Gasteiger partial charge in [0.05, 0.1) is 16.3 Å². The summed E-state index contributed by atoms with van der Waals surface area (Å²) in [4.78, 5) is 16.3. The Morgan fingerprint density at radius 3 is 2.71 bits per heavy atom. The van der Waals surface area contributed by atoms with Gasteiger partial charge in [0.2, 0.25) is 0 Å². The van der Waals surface area contributed by atoms with E-state index in [1.807, 2.05) is 6.07 Å². The van der Waals surface area contributed by atoms with Crippen LogP contribution in [0.3, 0.4) is 0 Å². The monoisotopic (exact) mass is 320 g/mol. The van der Waals surface area contributed by atoms with Crippen LogP contribution in [0, 0.1) is 11.3 Å². The molecule has 2 aromatic rings. The Morgan fingerprint density at radius 2 is 2.05 bits per heavy atom. The summed E-state index contributed by atoms with van der Waals surface area (Å²) in [5.74, 6) is -0.00739. The minimum absolute atomic E-state index is 0.0624. The highest BCUT2D eigenvalue weighted by atomic mass is 35.5. The number of rotatable bonds is 3. The molecule has 0 bridgehead atoms. The van der Waals surface area contributed by atoms with E-state index in [2.05, 4.69) is 15.6 Å². The van der Waals surface area contributed by atoms with Crippen LogP contribution in [0.5, 0.6) is 0 Å². The van der Waals surface area contributed by atoms with E-state index < -0.39 is 5.91 Å². The van der Waals surface area contributed by atoms with Gasteiger partial charge in [-0.25, -0.2) is 4.98 Å². The molecular weight excluding hydrogens is 311 g/mol. The lowest BCUT2D eigenvalue weighted by Crippen LogP contribution is -2.15. The van der Waals surface area contributed by atoms with Crippen molar-refractivity contribution in [2.24, 2.45) is 0 Å². The Balaban J connectivity index is 2.35. The van der Waals surface area contributed by atoms with Crippen molar-refractivity contribution in [3.8, 4) is 6.07 Å². The van der Waals surface area contributed by atoms with Crippen molar-refractivity contribution in [3.05, 3.63) is 51.6 Å². The Morgan fingerprint density at radius 1 is 1.29 bits per heavy atom. The van der Waals surface area contributed by atoms with Gasteiger partial charge < -0.3 is 10.6 Å². The van der Waals surface area contributed by atoms with E-state index in [4.69, 9.17) is 28.5 Å². The number of carbonyl (C=O) groups excluding carboxylic acids is 1. The van der Waals surface area contributed by atoms with Crippen LogP contribution in [0.4, 0.5) is 11.5 Å². The molecule has 0 atom stereocenters. The second kappa shape index (κ2) is 6.44. The molecule has 106 valence electrons. The molecule has 0 aliphatic heterocycles. The van der Waals surface area contributed by atoms with Crippen LogP contribution >= 0.6 is 23.2 Å². The summed E-state index contributed by atoms with van der Waals surface area (Å²) in [6.45, 7) is 0. The topological polar surface area (TPSA) is 77.8 Å². The number of halogens is 2.